The molecule has 0 bridgehead atoms. The van der Waals surface area contributed by atoms with Gasteiger partial charge in [-0.25, -0.2) is 5.01 Å². The van der Waals surface area contributed by atoms with Crippen LogP contribution in [-0.2, 0) is 32.1 Å². The van der Waals surface area contributed by atoms with Gasteiger partial charge in [0.25, 0.3) is 0 Å². The molecule has 3 amide bonds. The minimum Gasteiger partial charge on any atom is -0.374 e. The van der Waals surface area contributed by atoms with Crippen molar-refractivity contribution in [3.05, 3.63) is 71.8 Å². The number of nitrogens with zero attached hydrogens (tertiary/aromatic N) is 2. The van der Waals surface area contributed by atoms with Crippen molar-refractivity contribution in [1.29, 1.82) is 0 Å². The standard InChI is InChI=1S/C29H41N5O4/c1-28(2,30)26(36)31-24(21-38-20-23-13-9-6-10-14-23)25(35)34-17-15-29(16-18-34,27(37)32-33(3)4)19-22-11-7-5-8-12-22/h5-14,24H,15-21,30H2,1-4H3,(H,31,36)(H,32,37)/t24-/m1/s1. The fourth-order valence-electron chi connectivity index (χ4n) is 4.56. The molecular formula is C29H41N5O4. The Balaban J connectivity index is 1.71. The molecule has 0 spiro atoms. The fraction of sp³-hybridized carbons (Fsp3) is 0.483. The van der Waals surface area contributed by atoms with E-state index < -0.39 is 22.9 Å². The lowest BCUT2D eigenvalue weighted by molar-refractivity contribution is -0.146. The Morgan fingerprint density at radius 3 is 2.08 bits per heavy atom. The van der Waals surface area contributed by atoms with Crippen LogP contribution in [0.4, 0.5) is 0 Å². The smallest absolute Gasteiger partial charge is 0.247 e. The number of ether oxygens (including phenoxy) is 1. The van der Waals surface area contributed by atoms with E-state index in [1.165, 1.54) is 0 Å². The van der Waals surface area contributed by atoms with Gasteiger partial charge in [0.2, 0.25) is 17.7 Å². The highest BCUT2D eigenvalue weighted by atomic mass is 16.5. The summed E-state index contributed by atoms with van der Waals surface area (Å²) in [4.78, 5) is 41.3. The van der Waals surface area contributed by atoms with Gasteiger partial charge in [0.1, 0.15) is 6.04 Å². The van der Waals surface area contributed by atoms with Gasteiger partial charge in [-0.2, -0.15) is 0 Å². The summed E-state index contributed by atoms with van der Waals surface area (Å²) < 4.78 is 5.84. The summed E-state index contributed by atoms with van der Waals surface area (Å²) in [6.45, 7) is 4.31. The maximum Gasteiger partial charge on any atom is 0.247 e. The molecule has 38 heavy (non-hydrogen) atoms. The molecular weight excluding hydrogens is 482 g/mol. The normalized spacial score (nSPS) is 16.1. The van der Waals surface area contributed by atoms with E-state index in [9.17, 15) is 14.4 Å². The number of amides is 3. The lowest BCUT2D eigenvalue weighted by Crippen LogP contribution is -2.60. The minimum atomic E-state index is -1.14. The number of nitrogens with two attached hydrogens (primary N) is 1. The monoisotopic (exact) mass is 523 g/mol. The topological polar surface area (TPSA) is 117 Å². The van der Waals surface area contributed by atoms with Gasteiger partial charge in [-0.05, 0) is 44.2 Å². The highest BCUT2D eigenvalue weighted by Gasteiger charge is 2.43. The number of rotatable bonds is 11. The van der Waals surface area contributed by atoms with E-state index in [4.69, 9.17) is 10.5 Å². The molecule has 1 atom stereocenters. The van der Waals surface area contributed by atoms with Crippen molar-refractivity contribution in [3.63, 3.8) is 0 Å². The maximum atomic E-state index is 13.6. The molecule has 0 aliphatic carbocycles. The van der Waals surface area contributed by atoms with E-state index in [1.54, 1.807) is 37.9 Å². The number of likely N-dealkylation sites (tertiary alicyclic amines) is 1. The zero-order chi connectivity index (χ0) is 27.8. The van der Waals surface area contributed by atoms with Crippen LogP contribution in [0.15, 0.2) is 60.7 Å². The Hall–Kier alpha value is -3.27. The third kappa shape index (κ3) is 8.11. The largest absolute Gasteiger partial charge is 0.374 e. The van der Waals surface area contributed by atoms with Gasteiger partial charge in [-0.1, -0.05) is 60.7 Å². The summed E-state index contributed by atoms with van der Waals surface area (Å²) in [5.41, 5.74) is 9.16. The lowest BCUT2D eigenvalue weighted by Gasteiger charge is -2.42. The number of carbonyl (C=O) groups excluding carboxylic acids is 3. The Morgan fingerprint density at radius 2 is 1.55 bits per heavy atom. The molecule has 2 aromatic carbocycles. The van der Waals surface area contributed by atoms with E-state index in [0.29, 0.717) is 39.0 Å². The summed E-state index contributed by atoms with van der Waals surface area (Å²) in [5, 5.41) is 4.43. The molecule has 9 nitrogen and oxygen atoms in total. The number of hydrazine groups is 1. The third-order valence-corrected chi connectivity index (χ3v) is 6.81. The molecule has 1 fully saturated rings. The molecule has 0 aromatic heterocycles. The fourth-order valence-corrected chi connectivity index (χ4v) is 4.56. The van der Waals surface area contributed by atoms with Crippen LogP contribution >= 0.6 is 0 Å². The average molecular weight is 524 g/mol. The Labute approximate surface area is 225 Å². The molecule has 3 rings (SSSR count). The van der Waals surface area contributed by atoms with Crippen LogP contribution in [0.25, 0.3) is 0 Å². The number of hydrogen-bond donors (Lipinski definition) is 3. The van der Waals surface area contributed by atoms with Crippen molar-refractivity contribution in [2.45, 2.75) is 51.3 Å². The first-order chi connectivity index (χ1) is 18.0. The second-order valence-corrected chi connectivity index (χ2v) is 10.9. The predicted molar refractivity (Wildman–Crippen MR) is 147 cm³/mol. The van der Waals surface area contributed by atoms with E-state index >= 15 is 0 Å². The molecule has 1 saturated heterocycles. The summed E-state index contributed by atoms with van der Waals surface area (Å²) >= 11 is 0. The van der Waals surface area contributed by atoms with Crippen LogP contribution in [0.2, 0.25) is 0 Å². The summed E-state index contributed by atoms with van der Waals surface area (Å²) in [6.07, 6.45) is 1.58. The quantitative estimate of drug-likeness (QED) is 0.387. The van der Waals surface area contributed by atoms with Gasteiger partial charge in [-0.3, -0.25) is 19.8 Å². The maximum absolute atomic E-state index is 13.6. The molecule has 1 heterocycles. The first kappa shape index (κ1) is 29.3. The van der Waals surface area contributed by atoms with Crippen molar-refractivity contribution in [2.24, 2.45) is 11.1 Å². The van der Waals surface area contributed by atoms with Crippen molar-refractivity contribution >= 4 is 17.7 Å². The Bertz CT molecular complexity index is 1060. The second-order valence-electron chi connectivity index (χ2n) is 10.9. The van der Waals surface area contributed by atoms with Crippen molar-refractivity contribution in [3.8, 4) is 0 Å². The van der Waals surface area contributed by atoms with E-state index in [1.807, 2.05) is 60.7 Å². The highest BCUT2D eigenvalue weighted by molar-refractivity contribution is 5.92. The van der Waals surface area contributed by atoms with E-state index in [0.717, 1.165) is 11.1 Å². The highest BCUT2D eigenvalue weighted by Crippen LogP contribution is 2.36. The van der Waals surface area contributed by atoms with E-state index in [2.05, 4.69) is 10.7 Å². The SMILES string of the molecule is CN(C)NC(=O)C1(Cc2ccccc2)CCN(C(=O)[C@@H](COCc2ccccc2)NC(=O)C(C)(C)N)CC1. The average Bonchev–Trinajstić information content (AvgIpc) is 2.88. The summed E-state index contributed by atoms with van der Waals surface area (Å²) in [6, 6.07) is 18.7. The van der Waals surface area contributed by atoms with Gasteiger partial charge in [-0.15, -0.1) is 0 Å². The molecule has 0 unspecified atom stereocenters. The first-order valence-electron chi connectivity index (χ1n) is 13.0. The zero-order valence-corrected chi connectivity index (χ0v) is 22.9. The minimum absolute atomic E-state index is 0.0162. The number of nitrogens with one attached hydrogen (secondary N) is 2. The molecule has 0 saturated carbocycles. The Kier molecular flexibility index (Phi) is 10.0. The van der Waals surface area contributed by atoms with Crippen LogP contribution in [0, 0.1) is 5.41 Å². The third-order valence-electron chi connectivity index (χ3n) is 6.81. The van der Waals surface area contributed by atoms with Crippen LogP contribution in [0.5, 0.6) is 0 Å². The van der Waals surface area contributed by atoms with Crippen molar-refractivity contribution < 1.29 is 19.1 Å². The molecule has 206 valence electrons. The van der Waals surface area contributed by atoms with Gasteiger partial charge >= 0.3 is 0 Å². The van der Waals surface area contributed by atoms with Crippen molar-refractivity contribution in [1.82, 2.24) is 20.7 Å². The lowest BCUT2D eigenvalue weighted by atomic mass is 9.73. The van der Waals surface area contributed by atoms with Gasteiger partial charge in [0.05, 0.1) is 24.2 Å². The molecule has 4 N–H and O–H groups in total. The molecule has 1 aliphatic rings. The number of benzene rings is 2. The van der Waals surface area contributed by atoms with Crippen LogP contribution in [0.3, 0.4) is 0 Å². The van der Waals surface area contributed by atoms with Gasteiger partial charge < -0.3 is 20.7 Å². The Morgan fingerprint density at radius 1 is 1.00 bits per heavy atom. The second kappa shape index (κ2) is 13.0. The van der Waals surface area contributed by atoms with Crippen LogP contribution in [-0.4, -0.2) is 73.0 Å². The zero-order valence-electron chi connectivity index (χ0n) is 22.9. The van der Waals surface area contributed by atoms with Crippen LogP contribution in [0.1, 0.15) is 37.8 Å². The summed E-state index contributed by atoms with van der Waals surface area (Å²) in [5.74, 6) is -0.726. The molecule has 1 aliphatic heterocycles. The predicted octanol–water partition coefficient (Wildman–Crippen LogP) is 1.87. The van der Waals surface area contributed by atoms with Gasteiger partial charge in [0.15, 0.2) is 0 Å². The van der Waals surface area contributed by atoms with Crippen LogP contribution < -0.4 is 16.5 Å². The van der Waals surface area contributed by atoms with Gasteiger partial charge in [0, 0.05) is 27.2 Å². The van der Waals surface area contributed by atoms with Crippen molar-refractivity contribution in [2.75, 3.05) is 33.8 Å². The van der Waals surface area contributed by atoms with E-state index in [-0.39, 0.29) is 18.4 Å². The molecule has 9 heteroatoms. The number of hydrogen-bond acceptors (Lipinski definition) is 6. The molecule has 2 aromatic rings. The number of carbonyl (C=O) groups is 3. The summed E-state index contributed by atoms with van der Waals surface area (Å²) in [7, 11) is 3.57. The first-order valence-corrected chi connectivity index (χ1v) is 13.0. The molecule has 0 radical (unpaired) electrons. The number of piperidine rings is 1.